The molecule has 2 amide bonds. The van der Waals surface area contributed by atoms with Gasteiger partial charge in [0.1, 0.15) is 11.5 Å². The van der Waals surface area contributed by atoms with E-state index in [1.165, 1.54) is 0 Å². The van der Waals surface area contributed by atoms with E-state index in [1.54, 1.807) is 25.9 Å². The van der Waals surface area contributed by atoms with E-state index in [2.05, 4.69) is 5.32 Å². The highest BCUT2D eigenvalue weighted by Crippen LogP contribution is 2.38. The third-order valence-corrected chi connectivity index (χ3v) is 4.76. The molecule has 0 spiro atoms. The van der Waals surface area contributed by atoms with Gasteiger partial charge < -0.3 is 19.7 Å². The molecular formula is C22H26N2O4. The van der Waals surface area contributed by atoms with Gasteiger partial charge in [-0.1, -0.05) is 24.3 Å². The molecular weight excluding hydrogens is 356 g/mol. The number of hydrogen-bond donors (Lipinski definition) is 1. The molecule has 6 heteroatoms. The molecule has 6 nitrogen and oxygen atoms in total. The van der Waals surface area contributed by atoms with Gasteiger partial charge in [-0.3, -0.25) is 9.59 Å². The summed E-state index contributed by atoms with van der Waals surface area (Å²) in [6.07, 6.45) is 0.199. The first-order valence-corrected chi connectivity index (χ1v) is 9.32. The Morgan fingerprint density at radius 2 is 1.96 bits per heavy atom. The molecule has 0 fully saturated rings. The lowest BCUT2D eigenvalue weighted by molar-refractivity contribution is -0.132. The summed E-state index contributed by atoms with van der Waals surface area (Å²) >= 11 is 0. The standard InChI is InChI=1S/C22H26N2O4/c1-15-9-10-19-17(13-15)24(21(26)22(2,3)28-19)12-11-20(25)23-14-16-7-5-6-8-18(16)27-4/h5-10,13H,11-12,14H2,1-4H3,(H,23,25). The smallest absolute Gasteiger partial charge is 0.270 e. The quantitative estimate of drug-likeness (QED) is 0.833. The van der Waals surface area contributed by atoms with Crippen molar-refractivity contribution in [2.24, 2.45) is 0 Å². The molecule has 0 unspecified atom stereocenters. The summed E-state index contributed by atoms with van der Waals surface area (Å²) in [5.74, 6) is 1.11. The average molecular weight is 382 g/mol. The molecule has 0 atom stereocenters. The topological polar surface area (TPSA) is 67.9 Å². The minimum atomic E-state index is -0.962. The monoisotopic (exact) mass is 382 g/mol. The first-order chi connectivity index (χ1) is 13.3. The maximum absolute atomic E-state index is 12.8. The molecule has 28 heavy (non-hydrogen) atoms. The fourth-order valence-electron chi connectivity index (χ4n) is 3.24. The minimum absolute atomic E-state index is 0.128. The molecule has 2 aromatic carbocycles. The fraction of sp³-hybridized carbons (Fsp3) is 0.364. The van der Waals surface area contributed by atoms with Crippen LogP contribution in [0.2, 0.25) is 0 Å². The van der Waals surface area contributed by atoms with Gasteiger partial charge in [0.25, 0.3) is 5.91 Å². The molecule has 1 heterocycles. The van der Waals surface area contributed by atoms with Gasteiger partial charge in [-0.15, -0.1) is 0 Å². The lowest BCUT2D eigenvalue weighted by Gasteiger charge is -2.38. The summed E-state index contributed by atoms with van der Waals surface area (Å²) in [7, 11) is 1.60. The zero-order valence-electron chi connectivity index (χ0n) is 16.7. The number of hydrogen-bond acceptors (Lipinski definition) is 4. The van der Waals surface area contributed by atoms with Crippen molar-refractivity contribution in [1.82, 2.24) is 5.32 Å². The number of fused-ring (bicyclic) bond motifs is 1. The normalized spacial score (nSPS) is 14.9. The SMILES string of the molecule is COc1ccccc1CNC(=O)CCN1C(=O)C(C)(C)Oc2ccc(C)cc21. The Morgan fingerprint density at radius 3 is 2.71 bits per heavy atom. The van der Waals surface area contributed by atoms with Crippen LogP contribution in [-0.4, -0.2) is 31.1 Å². The van der Waals surface area contributed by atoms with E-state index < -0.39 is 5.60 Å². The Labute approximate surface area is 165 Å². The molecule has 3 rings (SSSR count). The van der Waals surface area contributed by atoms with Crippen LogP contribution in [0.5, 0.6) is 11.5 Å². The Balaban J connectivity index is 1.67. The lowest BCUT2D eigenvalue weighted by atomic mass is 10.0. The van der Waals surface area contributed by atoms with Crippen LogP contribution in [0.3, 0.4) is 0 Å². The van der Waals surface area contributed by atoms with Crippen molar-refractivity contribution in [2.75, 3.05) is 18.6 Å². The van der Waals surface area contributed by atoms with E-state index in [1.807, 2.05) is 49.4 Å². The van der Waals surface area contributed by atoms with Crippen LogP contribution in [0.1, 0.15) is 31.4 Å². The van der Waals surface area contributed by atoms with Gasteiger partial charge in [0.15, 0.2) is 5.60 Å². The fourth-order valence-corrected chi connectivity index (χ4v) is 3.24. The van der Waals surface area contributed by atoms with E-state index in [9.17, 15) is 9.59 Å². The lowest BCUT2D eigenvalue weighted by Crippen LogP contribution is -2.53. The Hall–Kier alpha value is -3.02. The second-order valence-corrected chi connectivity index (χ2v) is 7.38. The number of amides is 2. The maximum Gasteiger partial charge on any atom is 0.270 e. The average Bonchev–Trinajstić information content (AvgIpc) is 2.67. The molecule has 0 saturated carbocycles. The summed E-state index contributed by atoms with van der Waals surface area (Å²) in [5, 5.41) is 2.90. The highest BCUT2D eigenvalue weighted by molar-refractivity contribution is 6.02. The molecule has 2 aromatic rings. The van der Waals surface area contributed by atoms with Crippen LogP contribution in [-0.2, 0) is 16.1 Å². The summed E-state index contributed by atoms with van der Waals surface area (Å²) in [6.45, 7) is 6.11. The summed E-state index contributed by atoms with van der Waals surface area (Å²) in [4.78, 5) is 26.9. The molecule has 0 aromatic heterocycles. The van der Waals surface area contributed by atoms with Gasteiger partial charge in [0.2, 0.25) is 5.91 Å². The predicted molar refractivity (Wildman–Crippen MR) is 108 cm³/mol. The van der Waals surface area contributed by atoms with Crippen LogP contribution in [0.25, 0.3) is 0 Å². The Morgan fingerprint density at radius 1 is 1.21 bits per heavy atom. The Bertz CT molecular complexity index is 892. The van der Waals surface area contributed by atoms with Crippen LogP contribution in [0, 0.1) is 6.92 Å². The third-order valence-electron chi connectivity index (χ3n) is 4.76. The Kier molecular flexibility index (Phi) is 5.58. The third kappa shape index (κ3) is 4.11. The van der Waals surface area contributed by atoms with Crippen LogP contribution in [0.15, 0.2) is 42.5 Å². The van der Waals surface area contributed by atoms with Gasteiger partial charge in [-0.05, 0) is 44.5 Å². The number of methoxy groups -OCH3 is 1. The van der Waals surface area contributed by atoms with Crippen molar-refractivity contribution < 1.29 is 19.1 Å². The second-order valence-electron chi connectivity index (χ2n) is 7.38. The molecule has 1 N–H and O–H groups in total. The van der Waals surface area contributed by atoms with Crippen molar-refractivity contribution in [3.63, 3.8) is 0 Å². The number of ether oxygens (including phenoxy) is 2. The summed E-state index contributed by atoms with van der Waals surface area (Å²) < 4.78 is 11.2. The number of anilines is 1. The summed E-state index contributed by atoms with van der Waals surface area (Å²) in [5.41, 5.74) is 1.68. The first kappa shape index (κ1) is 19.7. The van der Waals surface area contributed by atoms with Crippen LogP contribution >= 0.6 is 0 Å². The van der Waals surface area contributed by atoms with Gasteiger partial charge >= 0.3 is 0 Å². The first-order valence-electron chi connectivity index (χ1n) is 9.32. The van der Waals surface area contributed by atoms with Crippen LogP contribution < -0.4 is 19.7 Å². The van der Waals surface area contributed by atoms with Crippen molar-refractivity contribution in [2.45, 2.75) is 39.3 Å². The largest absolute Gasteiger partial charge is 0.496 e. The second kappa shape index (κ2) is 7.92. The molecule has 0 saturated heterocycles. The van der Waals surface area contributed by atoms with Crippen molar-refractivity contribution >= 4 is 17.5 Å². The number of nitrogens with zero attached hydrogens (tertiary/aromatic N) is 1. The van der Waals surface area contributed by atoms with E-state index in [0.717, 1.165) is 16.9 Å². The molecule has 1 aliphatic rings. The van der Waals surface area contributed by atoms with Crippen molar-refractivity contribution in [3.8, 4) is 11.5 Å². The summed E-state index contributed by atoms with van der Waals surface area (Å²) in [6, 6.07) is 13.3. The highest BCUT2D eigenvalue weighted by atomic mass is 16.5. The van der Waals surface area contributed by atoms with Crippen LogP contribution in [0.4, 0.5) is 5.69 Å². The van der Waals surface area contributed by atoms with E-state index in [4.69, 9.17) is 9.47 Å². The van der Waals surface area contributed by atoms with E-state index in [-0.39, 0.29) is 18.2 Å². The number of rotatable bonds is 6. The van der Waals surface area contributed by atoms with Gasteiger partial charge in [0, 0.05) is 25.1 Å². The van der Waals surface area contributed by atoms with Gasteiger partial charge in [-0.2, -0.15) is 0 Å². The number of benzene rings is 2. The number of aryl methyl sites for hydroxylation is 1. The molecule has 0 bridgehead atoms. The number of nitrogens with one attached hydrogen (secondary N) is 1. The predicted octanol–water partition coefficient (Wildman–Crippen LogP) is 3.21. The van der Waals surface area contributed by atoms with Crippen molar-refractivity contribution in [3.05, 3.63) is 53.6 Å². The van der Waals surface area contributed by atoms with E-state index in [0.29, 0.717) is 24.5 Å². The number of carbonyl (C=O) groups is 2. The number of carbonyl (C=O) groups excluding carboxylic acids is 2. The number of para-hydroxylation sites is 1. The van der Waals surface area contributed by atoms with Crippen molar-refractivity contribution in [1.29, 1.82) is 0 Å². The zero-order valence-corrected chi connectivity index (χ0v) is 16.7. The maximum atomic E-state index is 12.8. The highest BCUT2D eigenvalue weighted by Gasteiger charge is 2.40. The molecule has 148 valence electrons. The minimum Gasteiger partial charge on any atom is -0.496 e. The molecule has 1 aliphatic heterocycles. The zero-order chi connectivity index (χ0) is 20.3. The molecule has 0 aliphatic carbocycles. The van der Waals surface area contributed by atoms with Gasteiger partial charge in [0.05, 0.1) is 12.8 Å². The van der Waals surface area contributed by atoms with Gasteiger partial charge in [-0.25, -0.2) is 0 Å². The molecule has 0 radical (unpaired) electrons. The van der Waals surface area contributed by atoms with E-state index >= 15 is 0 Å².